The molecular formula is C14H13O3S-. The maximum Gasteiger partial charge on any atom is 0.149 e. The minimum Gasteiger partial charge on any atom is -0.542 e. The van der Waals surface area contributed by atoms with Crippen molar-refractivity contribution in [1.82, 2.24) is 0 Å². The average molecular weight is 261 g/mol. The van der Waals surface area contributed by atoms with Gasteiger partial charge in [-0.25, -0.2) is 0 Å². The molecule has 1 aromatic heterocycles. The van der Waals surface area contributed by atoms with Crippen molar-refractivity contribution < 1.29 is 14.3 Å². The monoisotopic (exact) mass is 261 g/mol. The molecule has 0 amide bonds. The lowest BCUT2D eigenvalue weighted by molar-refractivity contribution is -0.257. The second-order valence-corrected chi connectivity index (χ2v) is 5.02. The van der Waals surface area contributed by atoms with Gasteiger partial charge in [-0.2, -0.15) is 0 Å². The Hall–Kier alpha value is -1.68. The zero-order valence-electron chi connectivity index (χ0n) is 10.0. The number of thioether (sulfide) groups is 1. The molecule has 0 unspecified atom stereocenters. The first kappa shape index (κ1) is 12.8. The third-order valence-electron chi connectivity index (χ3n) is 2.50. The fraction of sp³-hybridized carbons (Fsp3) is 0.214. The number of benzene rings is 1. The third-order valence-corrected chi connectivity index (χ3v) is 3.52. The minimum absolute atomic E-state index is 0.110. The summed E-state index contributed by atoms with van der Waals surface area (Å²) >= 11 is 1.68. The lowest BCUT2D eigenvalue weighted by Gasteiger charge is -2.01. The first-order valence-electron chi connectivity index (χ1n) is 5.58. The van der Waals surface area contributed by atoms with Crippen LogP contribution in [0, 0.1) is 6.92 Å². The quantitative estimate of drug-likeness (QED) is 0.829. The van der Waals surface area contributed by atoms with E-state index in [1.54, 1.807) is 17.8 Å². The molecule has 0 bridgehead atoms. The van der Waals surface area contributed by atoms with Gasteiger partial charge in [-0.15, -0.1) is 11.8 Å². The van der Waals surface area contributed by atoms with Crippen LogP contribution in [-0.2, 0) is 11.5 Å². The van der Waals surface area contributed by atoms with Gasteiger partial charge < -0.3 is 14.3 Å². The van der Waals surface area contributed by atoms with Crippen molar-refractivity contribution in [3.05, 3.63) is 59.0 Å². The molecule has 18 heavy (non-hydrogen) atoms. The van der Waals surface area contributed by atoms with Crippen LogP contribution >= 0.6 is 11.8 Å². The molecule has 0 aliphatic heterocycles. The molecule has 0 saturated heterocycles. The molecule has 0 saturated carbocycles. The molecule has 0 radical (unpaired) electrons. The van der Waals surface area contributed by atoms with Crippen LogP contribution in [-0.4, -0.2) is 5.97 Å². The zero-order valence-corrected chi connectivity index (χ0v) is 10.8. The van der Waals surface area contributed by atoms with Crippen LogP contribution in [0.1, 0.15) is 27.4 Å². The highest BCUT2D eigenvalue weighted by molar-refractivity contribution is 7.97. The average Bonchev–Trinajstić information content (AvgIpc) is 2.81. The number of carbonyl (C=O) groups is 1. The number of aromatic carboxylic acids is 1. The van der Waals surface area contributed by atoms with Gasteiger partial charge in [0.2, 0.25) is 0 Å². The standard InChI is InChI=1S/C14H14O3S/c1-10-2-4-11(5-3-10)8-18-9-12-6-7-13(17-12)14(15)16/h2-7H,8-9H2,1H3,(H,15,16)/p-1. The minimum atomic E-state index is -1.27. The number of carboxylic acids is 1. The van der Waals surface area contributed by atoms with Crippen molar-refractivity contribution in [1.29, 1.82) is 0 Å². The third kappa shape index (κ3) is 3.40. The molecule has 0 aliphatic carbocycles. The lowest BCUT2D eigenvalue weighted by Crippen LogP contribution is -2.21. The smallest absolute Gasteiger partial charge is 0.149 e. The van der Waals surface area contributed by atoms with Crippen LogP contribution in [0.25, 0.3) is 0 Å². The van der Waals surface area contributed by atoms with Crippen LogP contribution in [0.15, 0.2) is 40.8 Å². The van der Waals surface area contributed by atoms with E-state index in [4.69, 9.17) is 4.42 Å². The predicted molar refractivity (Wildman–Crippen MR) is 69.2 cm³/mol. The van der Waals surface area contributed by atoms with Gasteiger partial charge in [0.05, 0.1) is 5.75 Å². The Morgan fingerprint density at radius 1 is 1.17 bits per heavy atom. The largest absolute Gasteiger partial charge is 0.542 e. The summed E-state index contributed by atoms with van der Waals surface area (Å²) in [6.45, 7) is 2.06. The van der Waals surface area contributed by atoms with Gasteiger partial charge >= 0.3 is 0 Å². The first-order valence-corrected chi connectivity index (χ1v) is 6.74. The van der Waals surface area contributed by atoms with Gasteiger partial charge in [-0.3, -0.25) is 0 Å². The summed E-state index contributed by atoms with van der Waals surface area (Å²) in [6.07, 6.45) is 0. The maximum absolute atomic E-state index is 10.5. The topological polar surface area (TPSA) is 53.3 Å². The molecular weight excluding hydrogens is 248 g/mol. The van der Waals surface area contributed by atoms with Crippen molar-refractivity contribution >= 4 is 17.7 Å². The number of aryl methyl sites for hydroxylation is 1. The zero-order chi connectivity index (χ0) is 13.0. The van der Waals surface area contributed by atoms with Gasteiger partial charge in [0.25, 0.3) is 0 Å². The maximum atomic E-state index is 10.5. The van der Waals surface area contributed by atoms with E-state index in [9.17, 15) is 9.90 Å². The van der Waals surface area contributed by atoms with Crippen molar-refractivity contribution in [2.75, 3.05) is 0 Å². The van der Waals surface area contributed by atoms with Crippen LogP contribution in [0.5, 0.6) is 0 Å². The Bertz CT molecular complexity index is 528. The normalized spacial score (nSPS) is 10.5. The van der Waals surface area contributed by atoms with Crippen LogP contribution in [0.3, 0.4) is 0 Å². The van der Waals surface area contributed by atoms with E-state index in [1.807, 2.05) is 0 Å². The molecule has 0 atom stereocenters. The molecule has 1 aromatic carbocycles. The molecule has 2 aromatic rings. The Balaban J connectivity index is 1.84. The van der Waals surface area contributed by atoms with E-state index in [0.29, 0.717) is 11.5 Å². The van der Waals surface area contributed by atoms with E-state index in [2.05, 4.69) is 31.2 Å². The molecule has 0 spiro atoms. The fourth-order valence-corrected chi connectivity index (χ4v) is 2.41. The highest BCUT2D eigenvalue weighted by Crippen LogP contribution is 2.19. The Morgan fingerprint density at radius 2 is 1.89 bits per heavy atom. The highest BCUT2D eigenvalue weighted by atomic mass is 32.2. The van der Waals surface area contributed by atoms with Gasteiger partial charge in [-0.1, -0.05) is 29.8 Å². The molecule has 3 nitrogen and oxygen atoms in total. The summed E-state index contributed by atoms with van der Waals surface area (Å²) in [5.41, 5.74) is 2.49. The van der Waals surface area contributed by atoms with Crippen molar-refractivity contribution in [3.8, 4) is 0 Å². The Labute approximate surface area is 110 Å². The lowest BCUT2D eigenvalue weighted by atomic mass is 10.2. The summed E-state index contributed by atoms with van der Waals surface area (Å²) in [4.78, 5) is 10.5. The van der Waals surface area contributed by atoms with Crippen molar-refractivity contribution in [2.24, 2.45) is 0 Å². The molecule has 4 heteroatoms. The number of hydrogen-bond donors (Lipinski definition) is 0. The second-order valence-electron chi connectivity index (χ2n) is 4.03. The predicted octanol–water partition coefficient (Wildman–Crippen LogP) is 2.38. The summed E-state index contributed by atoms with van der Waals surface area (Å²) in [5, 5.41) is 10.5. The number of furan rings is 1. The molecule has 0 aliphatic rings. The SMILES string of the molecule is Cc1ccc(CSCc2ccc(C(=O)[O-])o2)cc1. The molecule has 0 fully saturated rings. The molecule has 0 N–H and O–H groups in total. The van der Waals surface area contributed by atoms with Gasteiger partial charge in [0, 0.05) is 5.75 Å². The van der Waals surface area contributed by atoms with E-state index < -0.39 is 5.97 Å². The summed E-state index contributed by atoms with van der Waals surface area (Å²) < 4.78 is 5.12. The van der Waals surface area contributed by atoms with Crippen LogP contribution < -0.4 is 5.11 Å². The van der Waals surface area contributed by atoms with Crippen molar-refractivity contribution in [2.45, 2.75) is 18.4 Å². The Morgan fingerprint density at radius 3 is 2.50 bits per heavy atom. The van der Waals surface area contributed by atoms with Crippen LogP contribution in [0.2, 0.25) is 0 Å². The van der Waals surface area contributed by atoms with Gasteiger partial charge in [0.15, 0.2) is 0 Å². The summed E-state index contributed by atoms with van der Waals surface area (Å²) in [6, 6.07) is 11.5. The van der Waals surface area contributed by atoms with Gasteiger partial charge in [-0.05, 0) is 24.6 Å². The van der Waals surface area contributed by atoms with Crippen molar-refractivity contribution in [3.63, 3.8) is 0 Å². The van der Waals surface area contributed by atoms with E-state index in [0.717, 1.165) is 5.75 Å². The molecule has 2 rings (SSSR count). The number of rotatable bonds is 5. The molecule has 1 heterocycles. The fourth-order valence-electron chi connectivity index (χ4n) is 1.52. The van der Waals surface area contributed by atoms with E-state index in [1.165, 1.54) is 17.2 Å². The van der Waals surface area contributed by atoms with Gasteiger partial charge in [0.1, 0.15) is 17.5 Å². The van der Waals surface area contributed by atoms with Crippen LogP contribution in [0.4, 0.5) is 0 Å². The first-order chi connectivity index (χ1) is 8.65. The number of carboxylic acid groups (broad SMARTS) is 1. The number of hydrogen-bond acceptors (Lipinski definition) is 4. The van der Waals surface area contributed by atoms with E-state index in [-0.39, 0.29) is 5.76 Å². The second kappa shape index (κ2) is 5.78. The Kier molecular flexibility index (Phi) is 4.10. The molecule has 94 valence electrons. The van der Waals surface area contributed by atoms with E-state index >= 15 is 0 Å². The summed E-state index contributed by atoms with van der Waals surface area (Å²) in [7, 11) is 0. The summed E-state index contributed by atoms with van der Waals surface area (Å²) in [5.74, 6) is 0.806. The number of carbonyl (C=O) groups excluding carboxylic acids is 1. The highest BCUT2D eigenvalue weighted by Gasteiger charge is 2.03.